The fraction of sp³-hybridized carbons (Fsp3) is 0.269. The number of halogens is 1. The van der Waals surface area contributed by atoms with Gasteiger partial charge in [-0.1, -0.05) is 48.0 Å². The summed E-state index contributed by atoms with van der Waals surface area (Å²) in [6.45, 7) is 7.47. The number of nitrogens with zero attached hydrogens (tertiary/aromatic N) is 2. The molecule has 7 heteroatoms. The van der Waals surface area contributed by atoms with Gasteiger partial charge in [-0.25, -0.2) is 0 Å². The average Bonchev–Trinajstić information content (AvgIpc) is 2.80. The summed E-state index contributed by atoms with van der Waals surface area (Å²) in [6, 6.07) is 14.9. The first-order valence-electron chi connectivity index (χ1n) is 10.7. The summed E-state index contributed by atoms with van der Waals surface area (Å²) >= 11 is 5.97. The molecular weight excluding hydrogens is 440 g/mol. The van der Waals surface area contributed by atoms with E-state index in [1.54, 1.807) is 30.0 Å². The number of benzene rings is 2. The van der Waals surface area contributed by atoms with E-state index in [2.05, 4.69) is 6.58 Å². The fourth-order valence-corrected chi connectivity index (χ4v) is 3.68. The molecule has 3 rings (SSSR count). The van der Waals surface area contributed by atoms with Gasteiger partial charge in [-0.15, -0.1) is 18.2 Å². The molecule has 0 bridgehead atoms. The Morgan fingerprint density at radius 2 is 1.85 bits per heavy atom. The minimum absolute atomic E-state index is 0.0481. The van der Waals surface area contributed by atoms with Gasteiger partial charge in [0, 0.05) is 13.1 Å². The molecule has 1 atom stereocenters. The van der Waals surface area contributed by atoms with Gasteiger partial charge in [-0.2, -0.15) is 0 Å². The Labute approximate surface area is 198 Å². The first-order chi connectivity index (χ1) is 15.8. The van der Waals surface area contributed by atoms with Crippen LogP contribution in [0, 0.1) is 6.92 Å². The van der Waals surface area contributed by atoms with Crippen LogP contribution in [-0.2, 0) is 22.7 Å². The highest BCUT2D eigenvalue weighted by atomic mass is 35.5. The number of rotatable bonds is 9. The Bertz CT molecular complexity index is 1200. The topological polar surface area (TPSA) is 70.8 Å². The Morgan fingerprint density at radius 3 is 2.52 bits per heavy atom. The van der Waals surface area contributed by atoms with E-state index in [1.165, 1.54) is 11.2 Å². The maximum Gasteiger partial charge on any atom is 0.242 e. The lowest BCUT2D eigenvalue weighted by molar-refractivity contribution is -0.140. The normalized spacial score (nSPS) is 11.7. The van der Waals surface area contributed by atoms with E-state index in [9.17, 15) is 14.4 Å². The van der Waals surface area contributed by atoms with E-state index in [1.807, 2.05) is 43.3 Å². The highest BCUT2D eigenvalue weighted by Gasteiger charge is 2.24. The number of carbonyl (C=O) groups excluding carboxylic acids is 2. The molecule has 0 aliphatic carbocycles. The lowest BCUT2D eigenvalue weighted by atomic mass is 10.1. The molecule has 0 saturated carbocycles. The van der Waals surface area contributed by atoms with Crippen LogP contribution in [0.15, 0.2) is 76.7 Å². The smallest absolute Gasteiger partial charge is 0.242 e. The summed E-state index contributed by atoms with van der Waals surface area (Å²) in [7, 11) is 0. The highest BCUT2D eigenvalue weighted by molar-refractivity contribution is 6.30. The third-order valence-electron chi connectivity index (χ3n) is 5.26. The molecule has 33 heavy (non-hydrogen) atoms. The van der Waals surface area contributed by atoms with Gasteiger partial charge in [0.05, 0.1) is 23.8 Å². The molecule has 0 aliphatic heterocycles. The second kappa shape index (κ2) is 11.0. The van der Waals surface area contributed by atoms with E-state index in [0.29, 0.717) is 16.5 Å². The van der Waals surface area contributed by atoms with E-state index >= 15 is 0 Å². The summed E-state index contributed by atoms with van der Waals surface area (Å²) in [5.41, 5.74) is 2.52. The quantitative estimate of drug-likeness (QED) is 0.349. The van der Waals surface area contributed by atoms with Crippen LogP contribution in [-0.4, -0.2) is 40.1 Å². The zero-order chi connectivity index (χ0) is 24.0. The molecule has 172 valence electrons. The van der Waals surface area contributed by atoms with Crippen LogP contribution in [0.25, 0.3) is 11.0 Å². The molecule has 0 aliphatic rings. The van der Waals surface area contributed by atoms with E-state index in [0.717, 1.165) is 11.1 Å². The van der Waals surface area contributed by atoms with Gasteiger partial charge in [0.25, 0.3) is 0 Å². The van der Waals surface area contributed by atoms with Gasteiger partial charge >= 0.3 is 0 Å². The summed E-state index contributed by atoms with van der Waals surface area (Å²) in [5, 5.41) is -0.296. The molecule has 2 amide bonds. The largest absolute Gasteiger partial charge is 0.464 e. The molecule has 1 aromatic heterocycles. The SMILES string of the molecule is C=CCN(CC(=O)N(Cc1ccccc1)Cc1coc2ccc(C)cc2c1=O)C(=O)C(C)Cl. The van der Waals surface area contributed by atoms with Crippen LogP contribution < -0.4 is 5.43 Å². The fourth-order valence-electron chi connectivity index (χ4n) is 3.54. The van der Waals surface area contributed by atoms with E-state index < -0.39 is 5.38 Å². The van der Waals surface area contributed by atoms with Crippen molar-refractivity contribution in [1.82, 2.24) is 9.80 Å². The number of carbonyl (C=O) groups is 2. The number of hydrogen-bond donors (Lipinski definition) is 0. The van der Waals surface area contributed by atoms with Crippen molar-refractivity contribution in [1.29, 1.82) is 0 Å². The van der Waals surface area contributed by atoms with E-state index in [-0.39, 0.29) is 43.4 Å². The Hall–Kier alpha value is -3.38. The van der Waals surface area contributed by atoms with Crippen LogP contribution in [0.1, 0.15) is 23.6 Å². The first kappa shape index (κ1) is 24.3. The average molecular weight is 467 g/mol. The van der Waals surface area contributed by atoms with Gasteiger partial charge < -0.3 is 14.2 Å². The summed E-state index contributed by atoms with van der Waals surface area (Å²) < 4.78 is 5.67. The van der Waals surface area contributed by atoms with Crippen molar-refractivity contribution >= 4 is 34.4 Å². The number of aryl methyl sites for hydroxylation is 1. The molecule has 0 radical (unpaired) electrons. The van der Waals surface area contributed by atoms with Crippen LogP contribution in [0.2, 0.25) is 0 Å². The standard InChI is InChI=1S/C26H27ClN2O4/c1-4-12-28(26(32)19(3)27)16-24(30)29(14-20-8-6-5-7-9-20)15-21-17-33-23-11-10-18(2)13-22(23)25(21)31/h4-11,13,17,19H,1,12,14-16H2,2-3H3. The third kappa shape index (κ3) is 6.11. The van der Waals surface area contributed by atoms with Crippen molar-refractivity contribution in [2.75, 3.05) is 13.1 Å². The summed E-state index contributed by atoms with van der Waals surface area (Å²) in [4.78, 5) is 41.8. The van der Waals surface area contributed by atoms with Gasteiger partial charge in [-0.3, -0.25) is 14.4 Å². The zero-order valence-corrected chi connectivity index (χ0v) is 19.5. The summed E-state index contributed by atoms with van der Waals surface area (Å²) in [5.74, 6) is -0.666. The highest BCUT2D eigenvalue weighted by Crippen LogP contribution is 2.16. The lowest BCUT2D eigenvalue weighted by Crippen LogP contribution is -2.44. The monoisotopic (exact) mass is 466 g/mol. The van der Waals surface area contributed by atoms with Crippen molar-refractivity contribution in [3.8, 4) is 0 Å². The molecular formula is C26H27ClN2O4. The minimum atomic E-state index is -0.768. The van der Waals surface area contributed by atoms with E-state index in [4.69, 9.17) is 16.0 Å². The molecule has 6 nitrogen and oxygen atoms in total. The predicted octanol–water partition coefficient (Wildman–Crippen LogP) is 4.27. The molecule has 0 saturated heterocycles. The molecule has 1 heterocycles. The van der Waals surface area contributed by atoms with Gasteiger partial charge in [0.1, 0.15) is 17.5 Å². The van der Waals surface area contributed by atoms with Crippen LogP contribution in [0.3, 0.4) is 0 Å². The van der Waals surface area contributed by atoms with Gasteiger partial charge in [0.15, 0.2) is 5.43 Å². The molecule has 0 fully saturated rings. The predicted molar refractivity (Wildman–Crippen MR) is 130 cm³/mol. The summed E-state index contributed by atoms with van der Waals surface area (Å²) in [6.07, 6.45) is 2.95. The zero-order valence-electron chi connectivity index (χ0n) is 18.8. The Morgan fingerprint density at radius 1 is 1.12 bits per heavy atom. The Kier molecular flexibility index (Phi) is 8.06. The van der Waals surface area contributed by atoms with Crippen molar-refractivity contribution in [3.63, 3.8) is 0 Å². The maximum atomic E-state index is 13.3. The van der Waals surface area contributed by atoms with Crippen LogP contribution >= 0.6 is 11.6 Å². The molecule has 0 spiro atoms. The lowest BCUT2D eigenvalue weighted by Gasteiger charge is -2.27. The second-order valence-electron chi connectivity index (χ2n) is 7.95. The molecule has 3 aromatic rings. The molecule has 0 N–H and O–H groups in total. The number of amides is 2. The maximum absolute atomic E-state index is 13.3. The van der Waals surface area contributed by atoms with Crippen molar-refractivity contribution in [2.45, 2.75) is 32.3 Å². The number of alkyl halides is 1. The van der Waals surface area contributed by atoms with Crippen LogP contribution in [0.4, 0.5) is 0 Å². The van der Waals surface area contributed by atoms with Crippen LogP contribution in [0.5, 0.6) is 0 Å². The van der Waals surface area contributed by atoms with Gasteiger partial charge in [0.2, 0.25) is 11.8 Å². The van der Waals surface area contributed by atoms with Gasteiger partial charge in [-0.05, 0) is 31.5 Å². The van der Waals surface area contributed by atoms with Crippen molar-refractivity contribution < 1.29 is 14.0 Å². The Balaban J connectivity index is 1.93. The van der Waals surface area contributed by atoms with Crippen molar-refractivity contribution in [3.05, 3.63) is 94.4 Å². The third-order valence-corrected chi connectivity index (χ3v) is 5.44. The number of fused-ring (bicyclic) bond motifs is 1. The molecule has 2 aromatic carbocycles. The number of hydrogen-bond acceptors (Lipinski definition) is 4. The minimum Gasteiger partial charge on any atom is -0.464 e. The van der Waals surface area contributed by atoms with Crippen molar-refractivity contribution in [2.24, 2.45) is 0 Å². The first-order valence-corrected chi connectivity index (χ1v) is 11.1. The second-order valence-corrected chi connectivity index (χ2v) is 8.60. The molecule has 1 unspecified atom stereocenters.